The highest BCUT2D eigenvalue weighted by Gasteiger charge is 2.25. The van der Waals surface area contributed by atoms with Crippen molar-refractivity contribution in [1.82, 2.24) is 16.0 Å². The van der Waals surface area contributed by atoms with Gasteiger partial charge in [0.25, 0.3) is 0 Å². The molecule has 2 rings (SSSR count). The van der Waals surface area contributed by atoms with Crippen molar-refractivity contribution in [1.29, 1.82) is 0 Å². The van der Waals surface area contributed by atoms with Gasteiger partial charge in [0.15, 0.2) is 5.96 Å². The zero-order valence-electron chi connectivity index (χ0n) is 16.5. The maximum absolute atomic E-state index is 6.17. The first-order valence-electron chi connectivity index (χ1n) is 9.13. The van der Waals surface area contributed by atoms with Crippen LogP contribution in [0.3, 0.4) is 0 Å². The monoisotopic (exact) mass is 381 g/mol. The molecule has 1 aromatic carbocycles. The summed E-state index contributed by atoms with van der Waals surface area (Å²) in [5, 5.41) is 11.1. The van der Waals surface area contributed by atoms with Crippen LogP contribution >= 0.6 is 11.6 Å². The van der Waals surface area contributed by atoms with Crippen LogP contribution in [0.5, 0.6) is 5.75 Å². The van der Waals surface area contributed by atoms with Crippen LogP contribution in [0.25, 0.3) is 0 Å². The van der Waals surface area contributed by atoms with E-state index in [1.807, 2.05) is 18.2 Å². The van der Waals surface area contributed by atoms with Gasteiger partial charge in [0.05, 0.1) is 12.8 Å². The lowest BCUT2D eigenvalue weighted by molar-refractivity contribution is 0.415. The standard InChI is InChI=1S/C19H32ClN5O/c1-19(2,3)23-10-9-22-18(21-4)24-15-8-11-25(13-15)16-12-14(20)6-7-17(16)26-5/h6-7,12,15,23H,8-11,13H2,1-5H3,(H2,21,22,24). The number of halogens is 1. The third-order valence-electron chi connectivity index (χ3n) is 4.31. The molecule has 0 saturated carbocycles. The molecule has 1 saturated heterocycles. The molecule has 1 aliphatic heterocycles. The van der Waals surface area contributed by atoms with E-state index >= 15 is 0 Å². The summed E-state index contributed by atoms with van der Waals surface area (Å²) in [5.74, 6) is 1.69. The maximum Gasteiger partial charge on any atom is 0.191 e. The fourth-order valence-corrected chi connectivity index (χ4v) is 3.18. The van der Waals surface area contributed by atoms with Crippen LogP contribution in [0.1, 0.15) is 27.2 Å². The van der Waals surface area contributed by atoms with Gasteiger partial charge in [0.2, 0.25) is 0 Å². The molecule has 26 heavy (non-hydrogen) atoms. The average molecular weight is 382 g/mol. The summed E-state index contributed by atoms with van der Waals surface area (Å²) >= 11 is 6.17. The van der Waals surface area contributed by atoms with Crippen LogP contribution in [0.4, 0.5) is 5.69 Å². The predicted molar refractivity (Wildman–Crippen MR) is 111 cm³/mol. The first-order chi connectivity index (χ1) is 12.3. The number of methoxy groups -OCH3 is 1. The van der Waals surface area contributed by atoms with E-state index in [1.54, 1.807) is 14.2 Å². The van der Waals surface area contributed by atoms with Crippen molar-refractivity contribution in [2.45, 2.75) is 38.8 Å². The molecule has 6 nitrogen and oxygen atoms in total. The maximum atomic E-state index is 6.17. The highest BCUT2D eigenvalue weighted by Crippen LogP contribution is 2.33. The van der Waals surface area contributed by atoms with E-state index in [0.717, 1.165) is 55.0 Å². The van der Waals surface area contributed by atoms with Gasteiger partial charge in [-0.3, -0.25) is 4.99 Å². The number of nitrogens with zero attached hydrogens (tertiary/aromatic N) is 2. The molecule has 7 heteroatoms. The van der Waals surface area contributed by atoms with E-state index in [-0.39, 0.29) is 5.54 Å². The van der Waals surface area contributed by atoms with Gasteiger partial charge in [-0.1, -0.05) is 11.6 Å². The Morgan fingerprint density at radius 3 is 2.77 bits per heavy atom. The van der Waals surface area contributed by atoms with E-state index in [9.17, 15) is 0 Å². The lowest BCUT2D eigenvalue weighted by Gasteiger charge is -2.23. The molecule has 1 aromatic rings. The molecule has 0 bridgehead atoms. The Kier molecular flexibility index (Phi) is 7.41. The number of benzene rings is 1. The van der Waals surface area contributed by atoms with Crippen molar-refractivity contribution < 1.29 is 4.74 Å². The van der Waals surface area contributed by atoms with Gasteiger partial charge in [0, 0.05) is 49.8 Å². The molecular formula is C19H32ClN5O. The van der Waals surface area contributed by atoms with E-state index in [1.165, 1.54) is 0 Å². The van der Waals surface area contributed by atoms with E-state index < -0.39 is 0 Å². The SMILES string of the molecule is CN=C(NCCNC(C)(C)C)NC1CCN(c2cc(Cl)ccc2OC)C1. The lowest BCUT2D eigenvalue weighted by Crippen LogP contribution is -2.47. The van der Waals surface area contributed by atoms with Crippen LogP contribution < -0.4 is 25.6 Å². The zero-order valence-corrected chi connectivity index (χ0v) is 17.3. The molecule has 3 N–H and O–H groups in total. The van der Waals surface area contributed by atoms with Gasteiger partial charge in [-0.2, -0.15) is 0 Å². The van der Waals surface area contributed by atoms with Gasteiger partial charge in [-0.05, 0) is 45.4 Å². The quantitative estimate of drug-likeness (QED) is 0.401. The largest absolute Gasteiger partial charge is 0.495 e. The molecule has 1 unspecified atom stereocenters. The number of aliphatic imine (C=N–C) groups is 1. The minimum absolute atomic E-state index is 0.126. The van der Waals surface area contributed by atoms with Crippen LogP contribution in [0.15, 0.2) is 23.2 Å². The fraction of sp³-hybridized carbons (Fsp3) is 0.632. The number of nitrogens with one attached hydrogen (secondary N) is 3. The van der Waals surface area contributed by atoms with Crippen molar-refractivity contribution in [2.75, 3.05) is 45.2 Å². The van der Waals surface area contributed by atoms with Crippen LogP contribution in [-0.2, 0) is 0 Å². The average Bonchev–Trinajstić information content (AvgIpc) is 3.05. The molecule has 1 aliphatic rings. The zero-order chi connectivity index (χ0) is 19.2. The molecule has 1 atom stereocenters. The predicted octanol–water partition coefficient (Wildman–Crippen LogP) is 2.48. The van der Waals surface area contributed by atoms with Gasteiger partial charge in [0.1, 0.15) is 5.75 Å². The third kappa shape index (κ3) is 6.25. The Bertz CT molecular complexity index is 614. The Labute approximate surface area is 162 Å². The highest BCUT2D eigenvalue weighted by atomic mass is 35.5. The van der Waals surface area contributed by atoms with E-state index in [4.69, 9.17) is 16.3 Å². The summed E-state index contributed by atoms with van der Waals surface area (Å²) in [6.45, 7) is 10.1. The minimum atomic E-state index is 0.126. The third-order valence-corrected chi connectivity index (χ3v) is 4.54. The first-order valence-corrected chi connectivity index (χ1v) is 9.51. The van der Waals surface area contributed by atoms with E-state index in [0.29, 0.717) is 6.04 Å². The number of hydrogen-bond donors (Lipinski definition) is 3. The topological polar surface area (TPSA) is 60.9 Å². The van der Waals surface area contributed by atoms with Crippen molar-refractivity contribution in [3.05, 3.63) is 23.2 Å². The van der Waals surface area contributed by atoms with Crippen LogP contribution in [0, 0.1) is 0 Å². The van der Waals surface area contributed by atoms with Crippen molar-refractivity contribution in [3.8, 4) is 5.75 Å². The molecular weight excluding hydrogens is 350 g/mol. The summed E-state index contributed by atoms with van der Waals surface area (Å²) in [6.07, 6.45) is 1.04. The second-order valence-electron chi connectivity index (χ2n) is 7.57. The Hall–Kier alpha value is -1.66. The van der Waals surface area contributed by atoms with Gasteiger partial charge in [-0.15, -0.1) is 0 Å². The molecule has 0 spiro atoms. The molecule has 146 valence electrons. The van der Waals surface area contributed by atoms with Crippen molar-refractivity contribution in [2.24, 2.45) is 4.99 Å². The minimum Gasteiger partial charge on any atom is -0.495 e. The molecule has 1 fully saturated rings. The summed E-state index contributed by atoms with van der Waals surface area (Å²) in [5.41, 5.74) is 1.17. The van der Waals surface area contributed by atoms with Crippen LogP contribution in [-0.4, -0.2) is 57.9 Å². The number of anilines is 1. The molecule has 0 amide bonds. The van der Waals surface area contributed by atoms with Gasteiger partial charge in [-0.25, -0.2) is 0 Å². The smallest absolute Gasteiger partial charge is 0.191 e. The summed E-state index contributed by atoms with van der Waals surface area (Å²) in [7, 11) is 3.50. The fourth-order valence-electron chi connectivity index (χ4n) is 3.01. The molecule has 0 radical (unpaired) electrons. The second kappa shape index (κ2) is 9.33. The number of rotatable bonds is 6. The lowest BCUT2D eigenvalue weighted by atomic mass is 10.1. The highest BCUT2D eigenvalue weighted by molar-refractivity contribution is 6.30. The molecule has 0 aliphatic carbocycles. The normalized spacial score (nSPS) is 18.2. The number of ether oxygens (including phenoxy) is 1. The molecule has 1 heterocycles. The van der Waals surface area contributed by atoms with Gasteiger partial charge < -0.3 is 25.6 Å². The summed E-state index contributed by atoms with van der Waals surface area (Å²) < 4.78 is 5.48. The number of hydrogen-bond acceptors (Lipinski definition) is 4. The van der Waals surface area contributed by atoms with Crippen LogP contribution in [0.2, 0.25) is 5.02 Å². The first kappa shape index (κ1) is 20.6. The summed E-state index contributed by atoms with van der Waals surface area (Å²) in [6, 6.07) is 6.07. The Balaban J connectivity index is 1.85. The Morgan fingerprint density at radius 2 is 2.12 bits per heavy atom. The van der Waals surface area contributed by atoms with Gasteiger partial charge >= 0.3 is 0 Å². The van der Waals surface area contributed by atoms with E-state index in [2.05, 4.69) is 46.6 Å². The summed E-state index contributed by atoms with van der Waals surface area (Å²) in [4.78, 5) is 6.64. The molecule has 0 aromatic heterocycles. The Morgan fingerprint density at radius 1 is 1.35 bits per heavy atom. The number of guanidine groups is 1. The second-order valence-corrected chi connectivity index (χ2v) is 8.00. The van der Waals surface area contributed by atoms with Crippen molar-refractivity contribution >= 4 is 23.2 Å². The van der Waals surface area contributed by atoms with Crippen molar-refractivity contribution in [3.63, 3.8) is 0 Å².